The predicted molar refractivity (Wildman–Crippen MR) is 72.2 cm³/mol. The van der Waals surface area contributed by atoms with E-state index in [2.05, 4.69) is 5.32 Å². The van der Waals surface area contributed by atoms with Crippen molar-refractivity contribution < 1.29 is 9.18 Å². The molecule has 1 aromatic carbocycles. The van der Waals surface area contributed by atoms with Crippen LogP contribution >= 0.6 is 11.6 Å². The summed E-state index contributed by atoms with van der Waals surface area (Å²) in [6.07, 6.45) is 4.29. The zero-order valence-electron chi connectivity index (χ0n) is 10.2. The molecular weight excluding hydrogens is 255 g/mol. The monoisotopic (exact) mass is 272 g/mol. The van der Waals surface area contributed by atoms with E-state index in [1.54, 1.807) is 0 Å². The topological polar surface area (TPSA) is 55.1 Å². The minimum Gasteiger partial charge on any atom is -0.330 e. The Labute approximate surface area is 112 Å². The average Bonchev–Trinajstić information content (AvgIpc) is 2.32. The van der Waals surface area contributed by atoms with Gasteiger partial charge in [0.15, 0.2) is 0 Å². The first kappa shape index (κ1) is 14.9. The van der Waals surface area contributed by atoms with Gasteiger partial charge in [-0.1, -0.05) is 24.4 Å². The van der Waals surface area contributed by atoms with E-state index in [9.17, 15) is 9.18 Å². The number of rotatable bonds is 7. The Morgan fingerprint density at radius 2 is 2.00 bits per heavy atom. The van der Waals surface area contributed by atoms with Gasteiger partial charge in [0.2, 0.25) is 5.91 Å². The maximum atomic E-state index is 12.8. The molecule has 18 heavy (non-hydrogen) atoms. The van der Waals surface area contributed by atoms with E-state index >= 15 is 0 Å². The quantitative estimate of drug-likeness (QED) is 0.748. The first-order valence-electron chi connectivity index (χ1n) is 6.08. The maximum Gasteiger partial charge on any atom is 0.224 e. The average molecular weight is 273 g/mol. The Hall–Kier alpha value is -1.13. The molecule has 0 aromatic heterocycles. The minimum absolute atomic E-state index is 0.101. The zero-order valence-corrected chi connectivity index (χ0v) is 11.0. The van der Waals surface area contributed by atoms with Crippen LogP contribution in [0.4, 0.5) is 10.1 Å². The van der Waals surface area contributed by atoms with Crippen molar-refractivity contribution in [3.05, 3.63) is 29.0 Å². The summed E-state index contributed by atoms with van der Waals surface area (Å²) in [4.78, 5) is 11.6. The number of hydrogen-bond acceptors (Lipinski definition) is 2. The number of halogens is 2. The number of carbonyl (C=O) groups excluding carboxylic acids is 1. The van der Waals surface area contributed by atoms with Crippen molar-refractivity contribution >= 4 is 23.2 Å². The van der Waals surface area contributed by atoms with Gasteiger partial charge in [0, 0.05) is 6.42 Å². The van der Waals surface area contributed by atoms with Crippen molar-refractivity contribution in [3.63, 3.8) is 0 Å². The Morgan fingerprint density at radius 3 is 2.67 bits per heavy atom. The SMILES string of the molecule is NCCCCCCC(=O)Nc1ccc(F)cc1Cl. The summed E-state index contributed by atoms with van der Waals surface area (Å²) in [5.74, 6) is -0.518. The fraction of sp³-hybridized carbons (Fsp3) is 0.462. The van der Waals surface area contributed by atoms with Crippen molar-refractivity contribution in [3.8, 4) is 0 Å². The van der Waals surface area contributed by atoms with Gasteiger partial charge in [-0.3, -0.25) is 4.79 Å². The number of amides is 1. The number of nitrogens with one attached hydrogen (secondary N) is 1. The van der Waals surface area contributed by atoms with Gasteiger partial charge in [0.1, 0.15) is 5.82 Å². The molecule has 0 aliphatic carbocycles. The first-order chi connectivity index (χ1) is 8.63. The van der Waals surface area contributed by atoms with Gasteiger partial charge in [-0.15, -0.1) is 0 Å². The molecule has 0 atom stereocenters. The smallest absolute Gasteiger partial charge is 0.224 e. The van der Waals surface area contributed by atoms with Crippen LogP contribution in [0.3, 0.4) is 0 Å². The molecule has 0 aliphatic rings. The highest BCUT2D eigenvalue weighted by molar-refractivity contribution is 6.33. The molecule has 0 spiro atoms. The van der Waals surface area contributed by atoms with E-state index in [0.29, 0.717) is 18.7 Å². The molecule has 1 aromatic rings. The van der Waals surface area contributed by atoms with E-state index < -0.39 is 5.82 Å². The van der Waals surface area contributed by atoms with Crippen LogP contribution in [0.1, 0.15) is 32.1 Å². The van der Waals surface area contributed by atoms with Crippen molar-refractivity contribution in [2.75, 3.05) is 11.9 Å². The fourth-order valence-corrected chi connectivity index (χ4v) is 1.80. The van der Waals surface area contributed by atoms with E-state index in [4.69, 9.17) is 17.3 Å². The third-order valence-corrected chi connectivity index (χ3v) is 2.88. The van der Waals surface area contributed by atoms with Gasteiger partial charge in [0.05, 0.1) is 10.7 Å². The van der Waals surface area contributed by atoms with Crippen LogP contribution in [-0.2, 0) is 4.79 Å². The molecule has 100 valence electrons. The summed E-state index contributed by atoms with van der Waals surface area (Å²) >= 11 is 5.81. The summed E-state index contributed by atoms with van der Waals surface area (Å²) in [6.45, 7) is 0.692. The molecule has 0 radical (unpaired) electrons. The van der Waals surface area contributed by atoms with Crippen LogP contribution in [0.2, 0.25) is 5.02 Å². The molecule has 0 saturated heterocycles. The molecule has 0 aliphatic heterocycles. The van der Waals surface area contributed by atoms with Gasteiger partial charge in [0.25, 0.3) is 0 Å². The highest BCUT2D eigenvalue weighted by Gasteiger charge is 2.06. The predicted octanol–water partition coefficient (Wildman–Crippen LogP) is 3.33. The molecular formula is C13H18ClFN2O. The second-order valence-corrected chi connectivity index (χ2v) is 4.53. The normalized spacial score (nSPS) is 10.4. The molecule has 0 heterocycles. The number of carbonyl (C=O) groups is 1. The lowest BCUT2D eigenvalue weighted by molar-refractivity contribution is -0.116. The molecule has 5 heteroatoms. The lowest BCUT2D eigenvalue weighted by atomic mass is 10.1. The minimum atomic E-state index is -0.417. The number of nitrogens with two attached hydrogens (primary N) is 1. The highest BCUT2D eigenvalue weighted by atomic mass is 35.5. The van der Waals surface area contributed by atoms with Crippen LogP contribution in [-0.4, -0.2) is 12.5 Å². The number of hydrogen-bond donors (Lipinski definition) is 2. The zero-order chi connectivity index (χ0) is 13.4. The van der Waals surface area contributed by atoms with Crippen molar-refractivity contribution in [2.24, 2.45) is 5.73 Å². The molecule has 1 amide bonds. The molecule has 0 fully saturated rings. The third kappa shape index (κ3) is 5.47. The standard InChI is InChI=1S/C13H18ClFN2O/c14-11-9-10(15)6-7-12(11)17-13(18)5-3-1-2-4-8-16/h6-7,9H,1-5,8,16H2,(H,17,18). The molecule has 1 rings (SSSR count). The second-order valence-electron chi connectivity index (χ2n) is 4.13. The molecule has 0 unspecified atom stereocenters. The van der Waals surface area contributed by atoms with Gasteiger partial charge in [-0.25, -0.2) is 4.39 Å². The summed E-state index contributed by atoms with van der Waals surface area (Å²) < 4.78 is 12.8. The number of unbranched alkanes of at least 4 members (excludes halogenated alkanes) is 3. The Kier molecular flexibility index (Phi) is 6.68. The summed E-state index contributed by atoms with van der Waals surface area (Å²) in [5.41, 5.74) is 5.83. The molecule has 3 N–H and O–H groups in total. The van der Waals surface area contributed by atoms with Gasteiger partial charge in [-0.05, 0) is 37.6 Å². The summed E-state index contributed by atoms with van der Waals surface area (Å²) in [5, 5.41) is 2.88. The molecule has 3 nitrogen and oxygen atoms in total. The lowest BCUT2D eigenvalue weighted by Gasteiger charge is -2.07. The highest BCUT2D eigenvalue weighted by Crippen LogP contribution is 2.22. The molecule has 0 bridgehead atoms. The van der Waals surface area contributed by atoms with Crippen molar-refractivity contribution in [1.82, 2.24) is 0 Å². The Balaban J connectivity index is 2.31. The lowest BCUT2D eigenvalue weighted by Crippen LogP contribution is -2.11. The van der Waals surface area contributed by atoms with Gasteiger partial charge in [-0.2, -0.15) is 0 Å². The summed E-state index contributed by atoms with van der Waals surface area (Å²) in [7, 11) is 0. The maximum absolute atomic E-state index is 12.8. The van der Waals surface area contributed by atoms with Crippen LogP contribution in [0, 0.1) is 5.82 Å². The van der Waals surface area contributed by atoms with Crippen molar-refractivity contribution in [1.29, 1.82) is 0 Å². The summed E-state index contributed by atoms with van der Waals surface area (Å²) in [6, 6.07) is 3.91. The van der Waals surface area contributed by atoms with Crippen LogP contribution < -0.4 is 11.1 Å². The van der Waals surface area contributed by atoms with Crippen LogP contribution in [0.5, 0.6) is 0 Å². The molecule has 0 saturated carbocycles. The van der Waals surface area contributed by atoms with Gasteiger partial charge < -0.3 is 11.1 Å². The largest absolute Gasteiger partial charge is 0.330 e. The van der Waals surface area contributed by atoms with E-state index in [0.717, 1.165) is 25.7 Å². The van der Waals surface area contributed by atoms with Crippen molar-refractivity contribution in [2.45, 2.75) is 32.1 Å². The third-order valence-electron chi connectivity index (χ3n) is 2.56. The van der Waals surface area contributed by atoms with Gasteiger partial charge >= 0.3 is 0 Å². The van der Waals surface area contributed by atoms with E-state index in [1.165, 1.54) is 18.2 Å². The van der Waals surface area contributed by atoms with Crippen LogP contribution in [0.15, 0.2) is 18.2 Å². The number of anilines is 1. The first-order valence-corrected chi connectivity index (χ1v) is 6.46. The van der Waals surface area contributed by atoms with Crippen LogP contribution in [0.25, 0.3) is 0 Å². The Morgan fingerprint density at radius 1 is 1.28 bits per heavy atom. The fourth-order valence-electron chi connectivity index (χ4n) is 1.59. The second kappa shape index (κ2) is 8.06. The van der Waals surface area contributed by atoms with E-state index in [-0.39, 0.29) is 10.9 Å². The van der Waals surface area contributed by atoms with E-state index in [1.807, 2.05) is 0 Å². The number of benzene rings is 1. The Bertz CT molecular complexity index is 399.